The summed E-state index contributed by atoms with van der Waals surface area (Å²) >= 11 is 0. The lowest BCUT2D eigenvalue weighted by atomic mass is 10.0. The van der Waals surface area contributed by atoms with Gasteiger partial charge in [0.05, 0.1) is 43.7 Å². The van der Waals surface area contributed by atoms with Crippen molar-refractivity contribution >= 4 is 17.6 Å². The summed E-state index contributed by atoms with van der Waals surface area (Å²) in [6.45, 7) is 5.76. The highest BCUT2D eigenvalue weighted by atomic mass is 16.5. The van der Waals surface area contributed by atoms with Gasteiger partial charge in [-0.15, -0.1) is 10.2 Å². The Morgan fingerprint density at radius 3 is 2.43 bits per heavy atom. The predicted molar refractivity (Wildman–Crippen MR) is 108 cm³/mol. The first kappa shape index (κ1) is 21.2. The van der Waals surface area contributed by atoms with Crippen LogP contribution in [0.2, 0.25) is 0 Å². The number of esters is 2. The second kappa shape index (κ2) is 9.34. The summed E-state index contributed by atoms with van der Waals surface area (Å²) in [6, 6.07) is 7.51. The van der Waals surface area contributed by atoms with Gasteiger partial charge in [-0.05, 0) is 26.3 Å². The van der Waals surface area contributed by atoms with Crippen LogP contribution >= 0.6 is 0 Å². The van der Waals surface area contributed by atoms with Crippen LogP contribution in [0.4, 0.5) is 0 Å². The molecule has 0 atom stereocenters. The number of aryl methyl sites for hydroxylation is 1. The summed E-state index contributed by atoms with van der Waals surface area (Å²) in [6.07, 6.45) is 0.411. The van der Waals surface area contributed by atoms with Crippen molar-refractivity contribution in [2.45, 2.75) is 33.6 Å². The monoisotopic (exact) mass is 412 g/mol. The number of fused-ring (bicyclic) bond motifs is 1. The highest BCUT2D eigenvalue weighted by molar-refractivity contribution is 5.91. The molecule has 0 aliphatic carbocycles. The second-order valence-electron chi connectivity index (χ2n) is 6.31. The Hall–Kier alpha value is -3.49. The summed E-state index contributed by atoms with van der Waals surface area (Å²) < 4.78 is 17.2. The van der Waals surface area contributed by atoms with Crippen LogP contribution in [0, 0.1) is 0 Å². The van der Waals surface area contributed by atoms with Gasteiger partial charge in [0.15, 0.2) is 11.3 Å². The average molecular weight is 412 g/mol. The minimum absolute atomic E-state index is 0.0610. The van der Waals surface area contributed by atoms with E-state index in [-0.39, 0.29) is 31.0 Å². The molecule has 9 nitrogen and oxygen atoms in total. The molecule has 0 saturated heterocycles. The quantitative estimate of drug-likeness (QED) is 0.520. The summed E-state index contributed by atoms with van der Waals surface area (Å²) in [7, 11) is 1.59. The van der Waals surface area contributed by atoms with Crippen LogP contribution in [0.25, 0.3) is 16.8 Å². The number of aromatic nitrogens is 4. The number of methoxy groups -OCH3 is 1. The van der Waals surface area contributed by atoms with E-state index in [1.807, 2.05) is 31.2 Å². The average Bonchev–Trinajstić information content (AvgIpc) is 3.13. The number of nitrogens with zero attached hydrogens (tertiary/aromatic N) is 4. The SMILES string of the molecule is CCOC(=O)Cc1c(C(=O)OCC)nnc2c(-c3ccccc3OC)c(CC)nn12. The lowest BCUT2D eigenvalue weighted by Gasteiger charge is -2.10. The van der Waals surface area contributed by atoms with Crippen molar-refractivity contribution in [1.29, 1.82) is 0 Å². The van der Waals surface area contributed by atoms with Gasteiger partial charge in [0.2, 0.25) is 0 Å². The number of benzene rings is 1. The van der Waals surface area contributed by atoms with Crippen LogP contribution in [0.3, 0.4) is 0 Å². The van der Waals surface area contributed by atoms with Crippen LogP contribution in [0.1, 0.15) is 42.6 Å². The van der Waals surface area contributed by atoms with E-state index < -0.39 is 11.9 Å². The third-order valence-corrected chi connectivity index (χ3v) is 4.50. The smallest absolute Gasteiger partial charge is 0.360 e. The van der Waals surface area contributed by atoms with Gasteiger partial charge >= 0.3 is 11.9 Å². The first-order valence-corrected chi connectivity index (χ1v) is 9.78. The molecule has 0 saturated carbocycles. The molecule has 0 amide bonds. The van der Waals surface area contributed by atoms with Gasteiger partial charge in [-0.25, -0.2) is 9.31 Å². The lowest BCUT2D eigenvalue weighted by molar-refractivity contribution is -0.142. The van der Waals surface area contributed by atoms with Crippen molar-refractivity contribution in [1.82, 2.24) is 19.8 Å². The normalized spacial score (nSPS) is 10.8. The number of carbonyl (C=O) groups is 2. The molecule has 30 heavy (non-hydrogen) atoms. The molecule has 0 aliphatic rings. The van der Waals surface area contributed by atoms with Gasteiger partial charge in [0.1, 0.15) is 5.75 Å². The van der Waals surface area contributed by atoms with E-state index in [1.165, 1.54) is 4.52 Å². The third-order valence-electron chi connectivity index (χ3n) is 4.50. The topological polar surface area (TPSA) is 105 Å². The number of hydrogen-bond donors (Lipinski definition) is 0. The van der Waals surface area contributed by atoms with Crippen LogP contribution in [0.15, 0.2) is 24.3 Å². The van der Waals surface area contributed by atoms with Crippen molar-refractivity contribution in [2.24, 2.45) is 0 Å². The van der Waals surface area contributed by atoms with E-state index in [0.29, 0.717) is 17.8 Å². The molecule has 3 rings (SSSR count). The Kier molecular flexibility index (Phi) is 6.61. The molecule has 0 N–H and O–H groups in total. The third kappa shape index (κ3) is 3.96. The first-order valence-electron chi connectivity index (χ1n) is 9.78. The minimum Gasteiger partial charge on any atom is -0.496 e. The van der Waals surface area contributed by atoms with Crippen LogP contribution in [-0.2, 0) is 27.1 Å². The van der Waals surface area contributed by atoms with E-state index in [9.17, 15) is 9.59 Å². The fourth-order valence-corrected chi connectivity index (χ4v) is 3.23. The van der Waals surface area contributed by atoms with Crippen molar-refractivity contribution in [3.8, 4) is 16.9 Å². The van der Waals surface area contributed by atoms with E-state index in [0.717, 1.165) is 16.8 Å². The Balaban J connectivity index is 2.28. The van der Waals surface area contributed by atoms with E-state index in [2.05, 4.69) is 15.3 Å². The summed E-state index contributed by atoms with van der Waals surface area (Å²) in [4.78, 5) is 24.7. The molecule has 0 spiro atoms. The van der Waals surface area contributed by atoms with Gasteiger partial charge in [0.25, 0.3) is 0 Å². The van der Waals surface area contributed by atoms with Gasteiger partial charge in [-0.1, -0.05) is 25.1 Å². The molecule has 0 fully saturated rings. The molecular formula is C21H24N4O5. The molecule has 9 heteroatoms. The van der Waals surface area contributed by atoms with E-state index in [4.69, 9.17) is 14.2 Å². The Labute approximate surface area is 174 Å². The van der Waals surface area contributed by atoms with Crippen LogP contribution < -0.4 is 4.74 Å². The van der Waals surface area contributed by atoms with Crippen molar-refractivity contribution in [2.75, 3.05) is 20.3 Å². The zero-order chi connectivity index (χ0) is 21.7. The van der Waals surface area contributed by atoms with Gasteiger partial charge in [-0.3, -0.25) is 4.79 Å². The fraction of sp³-hybridized carbons (Fsp3) is 0.381. The molecular weight excluding hydrogens is 388 g/mol. The van der Waals surface area contributed by atoms with Gasteiger partial charge in [0, 0.05) is 5.56 Å². The highest BCUT2D eigenvalue weighted by Gasteiger charge is 2.26. The van der Waals surface area contributed by atoms with Crippen LogP contribution in [0.5, 0.6) is 5.75 Å². The molecule has 0 radical (unpaired) electrons. The maximum Gasteiger partial charge on any atom is 0.360 e. The summed E-state index contributed by atoms with van der Waals surface area (Å²) in [5.41, 5.74) is 2.90. The zero-order valence-electron chi connectivity index (χ0n) is 17.5. The summed E-state index contributed by atoms with van der Waals surface area (Å²) in [5, 5.41) is 13.0. The molecule has 1 aromatic carbocycles. The molecule has 0 bridgehead atoms. The Morgan fingerprint density at radius 1 is 1.03 bits per heavy atom. The van der Waals surface area contributed by atoms with Crippen molar-refractivity contribution in [3.05, 3.63) is 41.3 Å². The maximum absolute atomic E-state index is 12.4. The molecule has 2 aromatic heterocycles. The molecule has 0 unspecified atom stereocenters. The fourth-order valence-electron chi connectivity index (χ4n) is 3.23. The summed E-state index contributed by atoms with van der Waals surface area (Å²) in [5.74, 6) is -0.506. The lowest BCUT2D eigenvalue weighted by Crippen LogP contribution is -2.20. The second-order valence-corrected chi connectivity index (χ2v) is 6.31. The number of hydrogen-bond acceptors (Lipinski definition) is 8. The van der Waals surface area contributed by atoms with E-state index in [1.54, 1.807) is 21.0 Å². The van der Waals surface area contributed by atoms with Crippen LogP contribution in [-0.4, -0.2) is 52.1 Å². The Bertz CT molecular complexity index is 1080. The number of rotatable bonds is 8. The highest BCUT2D eigenvalue weighted by Crippen LogP contribution is 2.35. The maximum atomic E-state index is 12.4. The number of para-hydroxylation sites is 1. The largest absolute Gasteiger partial charge is 0.496 e. The van der Waals surface area contributed by atoms with Gasteiger partial charge < -0.3 is 14.2 Å². The molecule has 0 aliphatic heterocycles. The van der Waals surface area contributed by atoms with E-state index >= 15 is 0 Å². The molecule has 2 heterocycles. The zero-order valence-corrected chi connectivity index (χ0v) is 17.5. The van der Waals surface area contributed by atoms with Crippen molar-refractivity contribution in [3.63, 3.8) is 0 Å². The first-order chi connectivity index (χ1) is 14.5. The Morgan fingerprint density at radius 2 is 1.77 bits per heavy atom. The van der Waals surface area contributed by atoms with Gasteiger partial charge in [-0.2, -0.15) is 5.10 Å². The van der Waals surface area contributed by atoms with Crippen molar-refractivity contribution < 1.29 is 23.8 Å². The minimum atomic E-state index is -0.668. The predicted octanol–water partition coefficient (Wildman–Crippen LogP) is 2.64. The molecule has 3 aromatic rings. The number of carbonyl (C=O) groups excluding carboxylic acids is 2. The number of ether oxygens (including phenoxy) is 3. The standard InChI is InChI=1S/C21H24N4O5/c1-5-14-18(13-10-8-9-11-16(13)28-4)20-23-22-19(21(27)30-7-3)15(25(20)24-14)12-17(26)29-6-2/h8-11H,5-7,12H2,1-4H3. The molecule has 158 valence electrons.